The Morgan fingerprint density at radius 1 is 1.06 bits per heavy atom. The van der Waals surface area contributed by atoms with Gasteiger partial charge in [-0.1, -0.05) is 27.7 Å². The Morgan fingerprint density at radius 2 is 1.56 bits per heavy atom. The third-order valence-corrected chi connectivity index (χ3v) is 3.38. The zero-order valence-corrected chi connectivity index (χ0v) is 14.1. The van der Waals surface area contributed by atoms with Gasteiger partial charge in [-0.25, -0.2) is 3.11 Å². The molecule has 0 saturated heterocycles. The predicted molar refractivity (Wildman–Crippen MR) is 81.2 cm³/mol. The van der Waals surface area contributed by atoms with Crippen LogP contribution in [-0.4, -0.2) is 41.1 Å². The van der Waals surface area contributed by atoms with Crippen LogP contribution in [0.15, 0.2) is 0 Å². The highest BCUT2D eigenvalue weighted by atomic mass is 127. The van der Waals surface area contributed by atoms with Crippen LogP contribution in [0.4, 0.5) is 0 Å². The molecular formula is C12H24IN3O2. The van der Waals surface area contributed by atoms with E-state index in [0.717, 1.165) is 0 Å². The second kappa shape index (κ2) is 7.93. The van der Waals surface area contributed by atoms with E-state index >= 15 is 0 Å². The molecule has 0 aliphatic heterocycles. The van der Waals surface area contributed by atoms with E-state index in [2.05, 4.69) is 33.5 Å². The number of carbonyl (C=O) groups excluding carboxylic acids is 2. The average molecular weight is 369 g/mol. The predicted octanol–water partition coefficient (Wildman–Crippen LogP) is 1.18. The second-order valence-electron chi connectivity index (χ2n) is 5.06. The molecule has 0 spiro atoms. The minimum absolute atomic E-state index is 0.0567. The SMILES string of the molecule is CNC(=O)[C@@H](NC(=O)[C@H](C(C)C)N(C)I)C(C)C. The van der Waals surface area contributed by atoms with E-state index < -0.39 is 6.04 Å². The Balaban J connectivity index is 4.82. The Labute approximate surface area is 124 Å². The van der Waals surface area contributed by atoms with Crippen molar-refractivity contribution in [2.45, 2.75) is 39.8 Å². The first-order chi connectivity index (χ1) is 8.22. The van der Waals surface area contributed by atoms with Gasteiger partial charge in [-0.2, -0.15) is 0 Å². The lowest BCUT2D eigenvalue weighted by Crippen LogP contribution is -2.54. The lowest BCUT2D eigenvalue weighted by atomic mass is 10.00. The van der Waals surface area contributed by atoms with Crippen LogP contribution in [0.25, 0.3) is 0 Å². The quantitative estimate of drug-likeness (QED) is 0.546. The first-order valence-corrected chi connectivity index (χ1v) is 7.09. The zero-order chi connectivity index (χ0) is 14.5. The minimum Gasteiger partial charge on any atom is -0.357 e. The van der Waals surface area contributed by atoms with Gasteiger partial charge in [-0.3, -0.25) is 9.59 Å². The highest BCUT2D eigenvalue weighted by molar-refractivity contribution is 14.1. The Morgan fingerprint density at radius 3 is 1.83 bits per heavy atom. The molecule has 0 radical (unpaired) electrons. The molecule has 0 saturated carbocycles. The van der Waals surface area contributed by atoms with E-state index in [1.807, 2.05) is 37.9 Å². The number of likely N-dealkylation sites (N-methyl/N-ethyl adjacent to an activating group) is 2. The first-order valence-electron chi connectivity index (χ1n) is 6.12. The highest BCUT2D eigenvalue weighted by Gasteiger charge is 2.30. The van der Waals surface area contributed by atoms with Crippen molar-refractivity contribution < 1.29 is 9.59 Å². The summed E-state index contributed by atoms with van der Waals surface area (Å²) in [6.45, 7) is 7.81. The molecule has 2 amide bonds. The number of halogens is 1. The van der Waals surface area contributed by atoms with Gasteiger partial charge >= 0.3 is 0 Å². The normalized spacial score (nSPS) is 14.8. The van der Waals surface area contributed by atoms with E-state index in [-0.39, 0.29) is 29.7 Å². The number of nitrogens with one attached hydrogen (secondary N) is 2. The van der Waals surface area contributed by atoms with E-state index in [0.29, 0.717) is 0 Å². The molecule has 0 unspecified atom stereocenters. The van der Waals surface area contributed by atoms with Gasteiger partial charge in [0.05, 0.1) is 0 Å². The Kier molecular flexibility index (Phi) is 7.77. The molecule has 0 rings (SSSR count). The number of rotatable bonds is 6. The molecule has 18 heavy (non-hydrogen) atoms. The fraction of sp³-hybridized carbons (Fsp3) is 0.833. The molecule has 0 aromatic carbocycles. The summed E-state index contributed by atoms with van der Waals surface area (Å²) in [6, 6.07) is -0.725. The number of hydrogen-bond acceptors (Lipinski definition) is 3. The largest absolute Gasteiger partial charge is 0.357 e. The van der Waals surface area contributed by atoms with Gasteiger partial charge in [-0.05, 0) is 18.9 Å². The molecule has 106 valence electrons. The van der Waals surface area contributed by atoms with Crippen LogP contribution in [-0.2, 0) is 9.59 Å². The van der Waals surface area contributed by atoms with Gasteiger partial charge in [0, 0.05) is 29.9 Å². The molecule has 5 nitrogen and oxygen atoms in total. The standard InChI is InChI=1S/C12H24IN3O2/c1-7(2)9(11(17)14-5)15-12(18)10(8(3)4)16(6)13/h7-10H,1-6H3,(H,14,17)(H,15,18)/t9-,10-/m0/s1. The summed E-state index contributed by atoms with van der Waals surface area (Å²) in [7, 11) is 3.43. The van der Waals surface area contributed by atoms with Crippen LogP contribution in [0.5, 0.6) is 0 Å². The summed E-state index contributed by atoms with van der Waals surface area (Å²) in [5, 5.41) is 5.41. The van der Waals surface area contributed by atoms with Gasteiger partial charge in [0.2, 0.25) is 11.8 Å². The fourth-order valence-corrected chi connectivity index (χ4v) is 2.70. The van der Waals surface area contributed by atoms with Gasteiger partial charge in [0.25, 0.3) is 0 Å². The maximum atomic E-state index is 12.2. The van der Waals surface area contributed by atoms with Crippen molar-refractivity contribution in [3.05, 3.63) is 0 Å². The molecule has 2 atom stereocenters. The van der Waals surface area contributed by atoms with E-state index in [4.69, 9.17) is 0 Å². The number of amides is 2. The van der Waals surface area contributed by atoms with Crippen molar-refractivity contribution in [1.29, 1.82) is 0 Å². The Hall–Kier alpha value is -0.370. The van der Waals surface area contributed by atoms with Gasteiger partial charge in [0.1, 0.15) is 12.1 Å². The van der Waals surface area contributed by atoms with Crippen LogP contribution < -0.4 is 10.6 Å². The molecule has 0 heterocycles. The summed E-state index contributed by atoms with van der Waals surface area (Å²) in [5.74, 6) is -0.0215. The topological polar surface area (TPSA) is 61.4 Å². The smallest absolute Gasteiger partial charge is 0.242 e. The van der Waals surface area contributed by atoms with Crippen molar-refractivity contribution in [3.8, 4) is 0 Å². The van der Waals surface area contributed by atoms with E-state index in [1.54, 1.807) is 7.05 Å². The second-order valence-corrected chi connectivity index (χ2v) is 6.58. The maximum Gasteiger partial charge on any atom is 0.242 e. The van der Waals surface area contributed by atoms with Gasteiger partial charge in [0.15, 0.2) is 0 Å². The maximum absolute atomic E-state index is 12.2. The van der Waals surface area contributed by atoms with Crippen LogP contribution in [0.2, 0.25) is 0 Å². The molecule has 0 aromatic heterocycles. The molecule has 6 heteroatoms. The van der Waals surface area contributed by atoms with Crippen molar-refractivity contribution >= 4 is 34.7 Å². The molecule has 0 aliphatic carbocycles. The van der Waals surface area contributed by atoms with Crippen molar-refractivity contribution in [1.82, 2.24) is 13.7 Å². The third kappa shape index (κ3) is 5.09. The minimum atomic E-state index is -0.486. The Bertz CT molecular complexity index is 285. The number of hydrogen-bond donors (Lipinski definition) is 2. The lowest BCUT2D eigenvalue weighted by Gasteiger charge is -2.28. The van der Waals surface area contributed by atoms with Crippen molar-refractivity contribution in [2.24, 2.45) is 11.8 Å². The summed E-state index contributed by atoms with van der Waals surface area (Å²) < 4.78 is 1.85. The van der Waals surface area contributed by atoms with Crippen molar-refractivity contribution in [3.63, 3.8) is 0 Å². The average Bonchev–Trinajstić information content (AvgIpc) is 2.23. The fourth-order valence-electron chi connectivity index (χ4n) is 1.80. The molecule has 0 fully saturated rings. The molecule has 0 aliphatic rings. The summed E-state index contributed by atoms with van der Waals surface area (Å²) >= 11 is 2.10. The number of carbonyl (C=O) groups is 2. The van der Waals surface area contributed by atoms with E-state index in [9.17, 15) is 9.59 Å². The molecule has 2 N–H and O–H groups in total. The molecule has 0 aromatic rings. The van der Waals surface area contributed by atoms with Gasteiger partial charge < -0.3 is 10.6 Å². The summed E-state index contributed by atoms with van der Waals surface area (Å²) in [5.41, 5.74) is 0. The van der Waals surface area contributed by atoms with Crippen LogP contribution in [0, 0.1) is 11.8 Å². The van der Waals surface area contributed by atoms with Crippen LogP contribution >= 0.6 is 22.9 Å². The molecule has 0 bridgehead atoms. The highest BCUT2D eigenvalue weighted by Crippen LogP contribution is 2.14. The third-order valence-electron chi connectivity index (χ3n) is 2.78. The number of nitrogens with zero attached hydrogens (tertiary/aromatic N) is 1. The first kappa shape index (κ1) is 17.6. The lowest BCUT2D eigenvalue weighted by molar-refractivity contribution is -0.132. The monoisotopic (exact) mass is 369 g/mol. The van der Waals surface area contributed by atoms with Gasteiger partial charge in [-0.15, -0.1) is 0 Å². The molecular weight excluding hydrogens is 345 g/mol. The van der Waals surface area contributed by atoms with Crippen molar-refractivity contribution in [2.75, 3.05) is 14.1 Å². The summed E-state index contributed by atoms with van der Waals surface area (Å²) in [6.07, 6.45) is 0. The van der Waals surface area contributed by atoms with E-state index in [1.165, 1.54) is 0 Å². The van der Waals surface area contributed by atoms with Crippen LogP contribution in [0.1, 0.15) is 27.7 Å². The van der Waals surface area contributed by atoms with Crippen LogP contribution in [0.3, 0.4) is 0 Å². The zero-order valence-electron chi connectivity index (χ0n) is 12.0. The summed E-state index contributed by atoms with van der Waals surface area (Å²) in [4.78, 5) is 23.9.